The summed E-state index contributed by atoms with van der Waals surface area (Å²) >= 11 is 0. The van der Waals surface area contributed by atoms with Crippen LogP contribution in [0.5, 0.6) is 5.88 Å². The van der Waals surface area contributed by atoms with E-state index in [0.29, 0.717) is 11.6 Å². The van der Waals surface area contributed by atoms with Crippen molar-refractivity contribution in [3.63, 3.8) is 0 Å². The molecule has 1 aromatic carbocycles. The van der Waals surface area contributed by atoms with Crippen molar-refractivity contribution in [2.45, 2.75) is 13.3 Å². The zero-order valence-corrected chi connectivity index (χ0v) is 12.8. The Hall–Kier alpha value is -2.89. The summed E-state index contributed by atoms with van der Waals surface area (Å²) in [6.07, 6.45) is 1.68. The molecule has 0 aliphatic carbocycles. The van der Waals surface area contributed by atoms with Crippen LogP contribution in [0, 0.1) is 12.7 Å². The van der Waals surface area contributed by atoms with Crippen LogP contribution in [0.1, 0.15) is 11.3 Å². The zero-order valence-electron chi connectivity index (χ0n) is 12.8. The minimum absolute atomic E-state index is 0.154. The van der Waals surface area contributed by atoms with Crippen molar-refractivity contribution in [2.24, 2.45) is 0 Å². The largest absolute Gasteiger partial charge is 0.481 e. The maximum atomic E-state index is 13.4. The average molecular weight is 313 g/mol. The minimum Gasteiger partial charge on any atom is -0.481 e. The molecular weight excluding hydrogens is 297 g/mol. The summed E-state index contributed by atoms with van der Waals surface area (Å²) in [6.45, 7) is 1.87. The molecule has 0 atom stereocenters. The number of anilines is 1. The van der Waals surface area contributed by atoms with Gasteiger partial charge in [-0.05, 0) is 36.8 Å². The molecule has 23 heavy (non-hydrogen) atoms. The number of methoxy groups -OCH3 is 1. The molecule has 0 aliphatic heterocycles. The Morgan fingerprint density at radius 2 is 2.17 bits per heavy atom. The van der Waals surface area contributed by atoms with Crippen molar-refractivity contribution in [3.8, 4) is 5.88 Å². The number of aromatic amines is 1. The quantitative estimate of drug-likeness (QED) is 0.777. The number of pyridine rings is 1. The van der Waals surface area contributed by atoms with E-state index in [1.165, 1.54) is 25.4 Å². The number of amides is 1. The Balaban J connectivity index is 1.79. The summed E-state index contributed by atoms with van der Waals surface area (Å²) in [5.41, 5.74) is 3.05. The Morgan fingerprint density at radius 3 is 2.87 bits per heavy atom. The van der Waals surface area contributed by atoms with E-state index in [9.17, 15) is 9.18 Å². The van der Waals surface area contributed by atoms with Gasteiger partial charge >= 0.3 is 0 Å². The van der Waals surface area contributed by atoms with Gasteiger partial charge in [0.15, 0.2) is 0 Å². The standard InChI is InChI=1S/C17H16FN3O2/c1-10-13(14-7-11(18)3-5-15(14)20-10)8-16(22)21-12-4-6-17(23-2)19-9-12/h3-7,9,20H,8H2,1-2H3,(H,21,22). The van der Waals surface area contributed by atoms with Crippen LogP contribution in [0.4, 0.5) is 10.1 Å². The SMILES string of the molecule is COc1ccc(NC(=O)Cc2c(C)[nH]c3ccc(F)cc23)cn1. The van der Waals surface area contributed by atoms with Crippen LogP contribution >= 0.6 is 0 Å². The van der Waals surface area contributed by atoms with E-state index in [0.717, 1.165) is 22.2 Å². The third kappa shape index (κ3) is 3.15. The van der Waals surface area contributed by atoms with E-state index >= 15 is 0 Å². The Morgan fingerprint density at radius 1 is 1.35 bits per heavy atom. The predicted molar refractivity (Wildman–Crippen MR) is 86.1 cm³/mol. The first-order valence-electron chi connectivity index (χ1n) is 7.13. The Labute approximate surface area is 132 Å². The number of aryl methyl sites for hydroxylation is 1. The number of benzene rings is 1. The van der Waals surface area contributed by atoms with E-state index in [2.05, 4.69) is 15.3 Å². The van der Waals surface area contributed by atoms with Gasteiger partial charge in [0.25, 0.3) is 0 Å². The summed E-state index contributed by atoms with van der Waals surface area (Å²) in [4.78, 5) is 19.4. The number of fused-ring (bicyclic) bond motifs is 1. The molecule has 2 aromatic heterocycles. The number of aromatic nitrogens is 2. The first kappa shape index (κ1) is 15.0. The molecule has 2 heterocycles. The molecule has 0 radical (unpaired) electrons. The van der Waals surface area contributed by atoms with Gasteiger partial charge in [-0.25, -0.2) is 9.37 Å². The maximum absolute atomic E-state index is 13.4. The zero-order chi connectivity index (χ0) is 16.4. The molecule has 0 fully saturated rings. The molecule has 0 saturated heterocycles. The highest BCUT2D eigenvalue weighted by atomic mass is 19.1. The van der Waals surface area contributed by atoms with Crippen molar-refractivity contribution < 1.29 is 13.9 Å². The summed E-state index contributed by atoms with van der Waals surface area (Å²) < 4.78 is 18.4. The number of carbonyl (C=O) groups excluding carboxylic acids is 1. The Bertz CT molecular complexity index is 856. The lowest BCUT2D eigenvalue weighted by molar-refractivity contribution is -0.115. The maximum Gasteiger partial charge on any atom is 0.228 e. The normalized spacial score (nSPS) is 10.7. The van der Waals surface area contributed by atoms with Crippen molar-refractivity contribution >= 4 is 22.5 Å². The lowest BCUT2D eigenvalue weighted by Gasteiger charge is -2.06. The van der Waals surface area contributed by atoms with Crippen LogP contribution in [0.15, 0.2) is 36.5 Å². The van der Waals surface area contributed by atoms with E-state index in [4.69, 9.17) is 4.74 Å². The second-order valence-corrected chi connectivity index (χ2v) is 5.23. The van der Waals surface area contributed by atoms with E-state index in [1.54, 1.807) is 18.2 Å². The molecule has 0 unspecified atom stereocenters. The van der Waals surface area contributed by atoms with Gasteiger partial charge in [-0.3, -0.25) is 4.79 Å². The molecule has 3 aromatic rings. The molecule has 0 saturated carbocycles. The summed E-state index contributed by atoms with van der Waals surface area (Å²) in [5, 5.41) is 3.50. The molecule has 2 N–H and O–H groups in total. The van der Waals surface area contributed by atoms with E-state index < -0.39 is 0 Å². The predicted octanol–water partition coefficient (Wildman–Crippen LogP) is 3.20. The smallest absolute Gasteiger partial charge is 0.228 e. The molecule has 0 spiro atoms. The number of hydrogen-bond acceptors (Lipinski definition) is 3. The number of hydrogen-bond donors (Lipinski definition) is 2. The van der Waals surface area contributed by atoms with Gasteiger partial charge in [0.1, 0.15) is 5.82 Å². The first-order valence-corrected chi connectivity index (χ1v) is 7.13. The van der Waals surface area contributed by atoms with Crippen molar-refractivity contribution in [2.75, 3.05) is 12.4 Å². The van der Waals surface area contributed by atoms with Crippen LogP contribution in [0.3, 0.4) is 0 Å². The number of carbonyl (C=O) groups is 1. The molecule has 118 valence electrons. The van der Waals surface area contributed by atoms with Crippen molar-refractivity contribution in [1.82, 2.24) is 9.97 Å². The summed E-state index contributed by atoms with van der Waals surface area (Å²) in [7, 11) is 1.53. The van der Waals surface area contributed by atoms with Crippen LogP contribution in [-0.4, -0.2) is 23.0 Å². The molecule has 0 aliphatic rings. The number of rotatable bonds is 4. The fourth-order valence-electron chi connectivity index (χ4n) is 2.52. The van der Waals surface area contributed by atoms with Crippen LogP contribution in [0.2, 0.25) is 0 Å². The third-order valence-electron chi connectivity index (χ3n) is 3.65. The molecule has 3 rings (SSSR count). The molecule has 6 heteroatoms. The number of nitrogens with zero attached hydrogens (tertiary/aromatic N) is 1. The highest BCUT2D eigenvalue weighted by Crippen LogP contribution is 2.24. The highest BCUT2D eigenvalue weighted by molar-refractivity contribution is 5.96. The topological polar surface area (TPSA) is 67.0 Å². The Kier molecular flexibility index (Phi) is 3.97. The van der Waals surface area contributed by atoms with Crippen LogP contribution in [-0.2, 0) is 11.2 Å². The monoisotopic (exact) mass is 313 g/mol. The van der Waals surface area contributed by atoms with Gasteiger partial charge < -0.3 is 15.0 Å². The third-order valence-corrected chi connectivity index (χ3v) is 3.65. The van der Waals surface area contributed by atoms with Gasteiger partial charge in [-0.2, -0.15) is 0 Å². The van der Waals surface area contributed by atoms with Crippen LogP contribution in [0.25, 0.3) is 10.9 Å². The van der Waals surface area contributed by atoms with Gasteiger partial charge in [-0.15, -0.1) is 0 Å². The average Bonchev–Trinajstić information content (AvgIpc) is 2.84. The number of nitrogens with one attached hydrogen (secondary N) is 2. The number of halogens is 1. The molecule has 1 amide bonds. The highest BCUT2D eigenvalue weighted by Gasteiger charge is 2.13. The van der Waals surface area contributed by atoms with Crippen molar-refractivity contribution in [1.29, 1.82) is 0 Å². The first-order chi connectivity index (χ1) is 11.1. The minimum atomic E-state index is -0.322. The summed E-state index contributed by atoms with van der Waals surface area (Å²) in [6, 6.07) is 7.89. The number of ether oxygens (including phenoxy) is 1. The van der Waals surface area contributed by atoms with E-state index in [-0.39, 0.29) is 18.1 Å². The van der Waals surface area contributed by atoms with Gasteiger partial charge in [0.2, 0.25) is 11.8 Å². The van der Waals surface area contributed by atoms with E-state index in [1.807, 2.05) is 6.92 Å². The lowest BCUT2D eigenvalue weighted by atomic mass is 10.1. The second-order valence-electron chi connectivity index (χ2n) is 5.23. The van der Waals surface area contributed by atoms with Gasteiger partial charge in [0.05, 0.1) is 25.4 Å². The molecule has 0 bridgehead atoms. The second kappa shape index (κ2) is 6.08. The molecule has 5 nitrogen and oxygen atoms in total. The lowest BCUT2D eigenvalue weighted by Crippen LogP contribution is -2.15. The van der Waals surface area contributed by atoms with Gasteiger partial charge in [0, 0.05) is 22.7 Å². The fourth-order valence-corrected chi connectivity index (χ4v) is 2.52. The number of H-pyrrole nitrogens is 1. The van der Waals surface area contributed by atoms with Gasteiger partial charge in [-0.1, -0.05) is 0 Å². The fraction of sp³-hybridized carbons (Fsp3) is 0.176. The van der Waals surface area contributed by atoms with Crippen molar-refractivity contribution in [3.05, 3.63) is 53.6 Å². The molecular formula is C17H16FN3O2. The van der Waals surface area contributed by atoms with Crippen LogP contribution < -0.4 is 10.1 Å². The summed E-state index contributed by atoms with van der Waals surface area (Å²) in [5.74, 6) is -0.0336.